The summed E-state index contributed by atoms with van der Waals surface area (Å²) < 4.78 is 38.4. The van der Waals surface area contributed by atoms with Gasteiger partial charge in [0.25, 0.3) is 0 Å². The van der Waals surface area contributed by atoms with Gasteiger partial charge in [-0.2, -0.15) is 0 Å². The molecular formula is C70H86N8O14. The number of hydrogen-bond acceptors (Lipinski definition) is 14. The second kappa shape index (κ2) is 29.5. The Morgan fingerprint density at radius 1 is 0.630 bits per heavy atom. The van der Waals surface area contributed by atoms with E-state index in [4.69, 9.17) is 28.4 Å². The zero-order valence-corrected chi connectivity index (χ0v) is 53.9. The van der Waals surface area contributed by atoms with Gasteiger partial charge in [0.2, 0.25) is 23.6 Å². The van der Waals surface area contributed by atoms with Crippen molar-refractivity contribution in [3.63, 3.8) is 0 Å². The number of nitrogens with zero attached hydrogens (tertiary/aromatic N) is 2. The number of aromatic amines is 1. The van der Waals surface area contributed by atoms with Crippen LogP contribution < -0.4 is 26.6 Å². The highest BCUT2D eigenvalue weighted by atomic mass is 16.7. The number of aromatic nitrogens is 3. The molecule has 0 bridgehead atoms. The van der Waals surface area contributed by atoms with Crippen LogP contribution in [0.1, 0.15) is 123 Å². The van der Waals surface area contributed by atoms with E-state index >= 15 is 9.59 Å². The topological polar surface area (TPSA) is 278 Å². The van der Waals surface area contributed by atoms with Gasteiger partial charge in [0.05, 0.1) is 37.4 Å². The number of carbonyl (C=O) groups excluding carboxylic acids is 8. The molecule has 7 atom stereocenters. The highest BCUT2D eigenvalue weighted by Crippen LogP contribution is 2.43. The van der Waals surface area contributed by atoms with E-state index in [-0.39, 0.29) is 57.8 Å². The molecule has 22 nitrogen and oxygen atoms in total. The first-order valence-electron chi connectivity index (χ1n) is 31.7. The van der Waals surface area contributed by atoms with Crippen LogP contribution in [0, 0.1) is 11.8 Å². The molecule has 9 rings (SSSR count). The van der Waals surface area contributed by atoms with Gasteiger partial charge in [0, 0.05) is 71.9 Å². The smallest absolute Gasteiger partial charge is 0.419 e. The fraction of sp³-hybridized carbons (Fsp3) is 0.457. The molecule has 1 aliphatic heterocycles. The Balaban J connectivity index is 1.01. The largest absolute Gasteiger partial charge is 0.467 e. The molecule has 490 valence electrons. The number of esters is 1. The summed E-state index contributed by atoms with van der Waals surface area (Å²) in [6.07, 6.45) is 5.26. The maximum atomic E-state index is 15.6. The van der Waals surface area contributed by atoms with E-state index in [0.29, 0.717) is 70.6 Å². The minimum Gasteiger partial charge on any atom is -0.467 e. The lowest BCUT2D eigenvalue weighted by molar-refractivity contribution is -0.317. The molecule has 7 aromatic rings. The van der Waals surface area contributed by atoms with Gasteiger partial charge < -0.3 is 60.0 Å². The number of amides is 5. The second-order valence-corrected chi connectivity index (χ2v) is 25.8. The first kappa shape index (κ1) is 67.4. The van der Waals surface area contributed by atoms with Crippen LogP contribution >= 0.6 is 0 Å². The van der Waals surface area contributed by atoms with Crippen LogP contribution in [0.25, 0.3) is 32.7 Å². The van der Waals surface area contributed by atoms with Gasteiger partial charge in [-0.3, -0.25) is 28.3 Å². The molecule has 1 saturated carbocycles. The maximum absolute atomic E-state index is 15.6. The fourth-order valence-electron chi connectivity index (χ4n) is 12.2. The Labute approximate surface area is 535 Å². The number of nitrogens with one attached hydrogen (secondary N) is 6. The zero-order valence-electron chi connectivity index (χ0n) is 53.9. The number of ether oxygens (including phenoxy) is 6. The average molecular weight is 1260 g/mol. The third kappa shape index (κ3) is 16.5. The van der Waals surface area contributed by atoms with Crippen molar-refractivity contribution in [1.82, 2.24) is 40.7 Å². The molecule has 0 unspecified atom stereocenters. The number of benzene rings is 4. The van der Waals surface area contributed by atoms with Crippen LogP contribution in [0.4, 0.5) is 14.4 Å². The van der Waals surface area contributed by atoms with Crippen molar-refractivity contribution in [2.75, 3.05) is 20.3 Å². The minimum atomic E-state index is -1.44. The molecule has 6 N–H and O–H groups in total. The summed E-state index contributed by atoms with van der Waals surface area (Å²) in [7, 11) is 1.26. The van der Waals surface area contributed by atoms with Crippen LogP contribution in [0.2, 0.25) is 0 Å². The molecule has 4 aromatic carbocycles. The van der Waals surface area contributed by atoms with E-state index in [1.807, 2.05) is 44.2 Å². The molecular weight excluding hydrogens is 1180 g/mol. The molecule has 92 heavy (non-hydrogen) atoms. The van der Waals surface area contributed by atoms with Gasteiger partial charge in [-0.15, -0.1) is 0 Å². The Kier molecular flexibility index (Phi) is 21.6. The first-order valence-corrected chi connectivity index (χ1v) is 31.7. The molecule has 1 spiro atoms. The summed E-state index contributed by atoms with van der Waals surface area (Å²) in [4.78, 5) is 117. The number of para-hydroxylation sites is 3. The molecule has 4 heterocycles. The van der Waals surface area contributed by atoms with Gasteiger partial charge in [0.1, 0.15) is 42.0 Å². The van der Waals surface area contributed by atoms with Crippen LogP contribution in [0.3, 0.4) is 0 Å². The van der Waals surface area contributed by atoms with Crippen LogP contribution in [-0.2, 0) is 78.3 Å². The van der Waals surface area contributed by atoms with Crippen LogP contribution in [0.15, 0.2) is 122 Å². The monoisotopic (exact) mass is 1260 g/mol. The first-order chi connectivity index (χ1) is 43.9. The van der Waals surface area contributed by atoms with Gasteiger partial charge in [-0.25, -0.2) is 19.2 Å². The van der Waals surface area contributed by atoms with Gasteiger partial charge in [-0.1, -0.05) is 112 Å². The summed E-state index contributed by atoms with van der Waals surface area (Å²) in [6.45, 7) is 14.7. The maximum Gasteiger partial charge on any atom is 0.419 e. The number of H-pyrrole nitrogens is 1. The van der Waals surface area contributed by atoms with Crippen molar-refractivity contribution < 1.29 is 66.8 Å². The Bertz CT molecular complexity index is 3780. The molecule has 1 saturated heterocycles. The lowest BCUT2D eigenvalue weighted by atomic mass is 9.76. The van der Waals surface area contributed by atoms with E-state index in [2.05, 4.69) is 31.6 Å². The van der Waals surface area contributed by atoms with Crippen molar-refractivity contribution in [3.8, 4) is 0 Å². The highest BCUT2D eigenvalue weighted by Gasteiger charge is 2.52. The van der Waals surface area contributed by atoms with E-state index in [0.717, 1.165) is 16.5 Å². The molecule has 1 aliphatic carbocycles. The van der Waals surface area contributed by atoms with E-state index in [9.17, 15) is 28.8 Å². The Morgan fingerprint density at radius 3 is 1.75 bits per heavy atom. The summed E-state index contributed by atoms with van der Waals surface area (Å²) in [5, 5.41) is 16.9. The van der Waals surface area contributed by atoms with E-state index in [1.165, 1.54) is 16.2 Å². The third-order valence-electron chi connectivity index (χ3n) is 16.9. The molecule has 2 aliphatic rings. The van der Waals surface area contributed by atoms with Crippen molar-refractivity contribution in [2.24, 2.45) is 11.8 Å². The number of rotatable bonds is 22. The van der Waals surface area contributed by atoms with Gasteiger partial charge >= 0.3 is 24.2 Å². The summed E-state index contributed by atoms with van der Waals surface area (Å²) >= 11 is 0. The minimum absolute atomic E-state index is 0.0672. The predicted molar refractivity (Wildman–Crippen MR) is 345 cm³/mol. The van der Waals surface area contributed by atoms with Crippen molar-refractivity contribution in [1.29, 1.82) is 0 Å². The predicted octanol–water partition coefficient (Wildman–Crippen LogP) is 9.84. The molecule has 22 heteroatoms. The van der Waals surface area contributed by atoms with Gasteiger partial charge in [0.15, 0.2) is 5.79 Å². The van der Waals surface area contributed by atoms with Gasteiger partial charge in [-0.05, 0) is 114 Å². The molecule has 5 amide bonds. The van der Waals surface area contributed by atoms with E-state index < -0.39 is 101 Å². The fourth-order valence-corrected chi connectivity index (χ4v) is 12.2. The summed E-state index contributed by atoms with van der Waals surface area (Å²) in [6, 6.07) is 25.2. The normalized spacial score (nSPS) is 17.4. The van der Waals surface area contributed by atoms with E-state index in [1.54, 1.807) is 133 Å². The highest BCUT2D eigenvalue weighted by molar-refractivity contribution is 5.97. The number of hydrogen-bond donors (Lipinski definition) is 6. The lowest BCUT2D eigenvalue weighted by Crippen LogP contribution is -2.65. The Hall–Kier alpha value is -9.02. The number of fused-ring (bicyclic) bond motifs is 3. The SMILES string of the molecule is CC[C@H](C)[C@H](NC(=O)[C@H](Cc1c[nH]c2ccccc12)NC(=O)CC[C@H]1CCC[C@@H](NC(=O)[C@H](Cc2cn(C(=O)OC(C)(C)C)c3ccccc23)NC(=O)[C@H](Cc2cn(C(=O)OC(C)(C)C)c3ccccc23)NC(=O)OCc2ccccc2)C12OCCCO2)C(=O)OC. The third-order valence-corrected chi connectivity index (χ3v) is 16.9. The van der Waals surface area contributed by atoms with Crippen molar-refractivity contribution in [3.05, 3.63) is 144 Å². The number of methoxy groups -OCH3 is 1. The van der Waals surface area contributed by atoms with Crippen molar-refractivity contribution in [2.45, 2.75) is 173 Å². The van der Waals surface area contributed by atoms with Crippen LogP contribution in [-0.4, -0.2) is 130 Å². The zero-order chi connectivity index (χ0) is 65.9. The molecule has 3 aromatic heterocycles. The standard InChI is InChI=1S/C70H86N8O14/c1-10-43(2)60(64(83)87-9)76-63(82)53(36-45-39-71-52-28-17-14-25-49(45)52)72-59(79)33-32-48-24-20-31-58(70(48)89-34-21-35-90-70)75-62(81)54(37-46-40-77(66(85)91-68(3,4)5)56-29-18-15-26-50(46)56)73-61(80)55(74-65(84)88-42-44-22-12-11-13-23-44)38-47-41-78(67(86)92-69(6,7)8)57-30-19-16-27-51(47)57/h11-19,22-23,25-30,39-41,43,48,53-55,58,60,71H,10,20-21,24,31-38,42H2,1-9H3,(H,72,79)(H,73,80)(H,74,84)(H,75,81)(H,76,82)/t43-,48+,53-,54-,55-,58+,60-/m0/s1. The number of carbonyl (C=O) groups is 8. The Morgan fingerprint density at radius 2 is 1.16 bits per heavy atom. The second-order valence-electron chi connectivity index (χ2n) is 25.8. The molecule has 0 radical (unpaired) electrons. The quantitative estimate of drug-likeness (QED) is 0.0272. The lowest BCUT2D eigenvalue weighted by Gasteiger charge is -2.50. The summed E-state index contributed by atoms with van der Waals surface area (Å²) in [5.74, 6) is -5.18. The summed E-state index contributed by atoms with van der Waals surface area (Å²) in [5.41, 5.74) is 2.62. The molecule has 2 fully saturated rings. The van der Waals surface area contributed by atoms with Crippen molar-refractivity contribution >= 4 is 80.6 Å². The average Bonchev–Trinajstić information content (AvgIpc) is 1.03. The number of alkyl carbamates (subject to hydrolysis) is 1. The van der Waals surface area contributed by atoms with Crippen LogP contribution in [0.5, 0.6) is 0 Å².